The van der Waals surface area contributed by atoms with E-state index in [2.05, 4.69) is 41.2 Å². The summed E-state index contributed by atoms with van der Waals surface area (Å²) >= 11 is 4.43. The van der Waals surface area contributed by atoms with E-state index in [0.29, 0.717) is 5.41 Å². The fourth-order valence-corrected chi connectivity index (χ4v) is 2.24. The van der Waals surface area contributed by atoms with Gasteiger partial charge in [0.1, 0.15) is 5.82 Å². The number of hydrogen-bond donors (Lipinski definition) is 1. The summed E-state index contributed by atoms with van der Waals surface area (Å²) in [6.07, 6.45) is 4.48. The molecular formula is C11H19N3S. The van der Waals surface area contributed by atoms with Crippen LogP contribution in [-0.2, 0) is 19.4 Å². The molecule has 0 aromatic carbocycles. The summed E-state index contributed by atoms with van der Waals surface area (Å²) in [6, 6.07) is 0. The van der Waals surface area contributed by atoms with E-state index >= 15 is 0 Å². The van der Waals surface area contributed by atoms with Crippen LogP contribution >= 0.6 is 12.6 Å². The Balaban J connectivity index is 2.15. The van der Waals surface area contributed by atoms with Crippen molar-refractivity contribution in [3.8, 4) is 0 Å². The molecule has 1 fully saturated rings. The topological polar surface area (TPSA) is 30.7 Å². The van der Waals surface area contributed by atoms with Gasteiger partial charge in [-0.2, -0.15) is 17.7 Å². The third-order valence-electron chi connectivity index (χ3n) is 3.20. The molecule has 0 atom stereocenters. The van der Waals surface area contributed by atoms with E-state index in [1.54, 1.807) is 0 Å². The Morgan fingerprint density at radius 1 is 1.33 bits per heavy atom. The number of aromatic nitrogens is 3. The lowest BCUT2D eigenvalue weighted by Gasteiger charge is -2.12. The van der Waals surface area contributed by atoms with Crippen LogP contribution in [0.4, 0.5) is 0 Å². The Kier molecular flexibility index (Phi) is 3.05. The van der Waals surface area contributed by atoms with Crippen LogP contribution in [0.1, 0.15) is 38.3 Å². The van der Waals surface area contributed by atoms with Crippen molar-refractivity contribution in [3.05, 3.63) is 11.6 Å². The summed E-state index contributed by atoms with van der Waals surface area (Å²) in [7, 11) is 0. The maximum Gasteiger partial charge on any atom is 0.150 e. The zero-order chi connectivity index (χ0) is 10.9. The van der Waals surface area contributed by atoms with Gasteiger partial charge in [-0.05, 0) is 24.0 Å². The van der Waals surface area contributed by atoms with E-state index in [1.807, 2.05) is 0 Å². The summed E-state index contributed by atoms with van der Waals surface area (Å²) in [5, 5.41) is 4.54. The van der Waals surface area contributed by atoms with E-state index in [0.717, 1.165) is 36.8 Å². The monoisotopic (exact) mass is 225 g/mol. The Morgan fingerprint density at radius 3 is 2.53 bits per heavy atom. The third-order valence-corrected chi connectivity index (χ3v) is 3.87. The van der Waals surface area contributed by atoms with E-state index in [4.69, 9.17) is 0 Å². The average molecular weight is 225 g/mol. The summed E-state index contributed by atoms with van der Waals surface area (Å²) < 4.78 is 2.10. The average Bonchev–Trinajstić information content (AvgIpc) is 2.92. The van der Waals surface area contributed by atoms with E-state index in [9.17, 15) is 0 Å². The summed E-state index contributed by atoms with van der Waals surface area (Å²) in [5.41, 5.74) is 0.422. The van der Waals surface area contributed by atoms with Crippen LogP contribution in [0.25, 0.3) is 0 Å². The second-order valence-electron chi connectivity index (χ2n) is 4.47. The highest BCUT2D eigenvalue weighted by Crippen LogP contribution is 2.47. The molecule has 0 radical (unpaired) electrons. The van der Waals surface area contributed by atoms with Crippen molar-refractivity contribution in [2.24, 2.45) is 5.41 Å². The van der Waals surface area contributed by atoms with Gasteiger partial charge in [0.2, 0.25) is 0 Å². The van der Waals surface area contributed by atoms with Crippen LogP contribution in [0, 0.1) is 5.41 Å². The van der Waals surface area contributed by atoms with Crippen molar-refractivity contribution in [2.75, 3.05) is 5.75 Å². The molecule has 3 nitrogen and oxygen atoms in total. The zero-order valence-electron chi connectivity index (χ0n) is 9.53. The second-order valence-corrected chi connectivity index (χ2v) is 4.78. The molecule has 0 spiro atoms. The van der Waals surface area contributed by atoms with Crippen LogP contribution in [-0.4, -0.2) is 20.5 Å². The first-order valence-corrected chi connectivity index (χ1v) is 6.39. The summed E-state index contributed by atoms with van der Waals surface area (Å²) in [5.74, 6) is 3.07. The van der Waals surface area contributed by atoms with Gasteiger partial charge in [0.05, 0.1) is 0 Å². The Bertz CT molecular complexity index is 342. The molecular weight excluding hydrogens is 206 g/mol. The molecule has 84 valence electrons. The van der Waals surface area contributed by atoms with E-state index in [1.165, 1.54) is 12.8 Å². The van der Waals surface area contributed by atoms with E-state index < -0.39 is 0 Å². The first kappa shape index (κ1) is 11.0. The van der Waals surface area contributed by atoms with Gasteiger partial charge in [-0.3, -0.25) is 0 Å². The normalized spacial score (nSPS) is 18.1. The first-order valence-electron chi connectivity index (χ1n) is 5.76. The van der Waals surface area contributed by atoms with Crippen LogP contribution in [0.5, 0.6) is 0 Å². The van der Waals surface area contributed by atoms with Gasteiger partial charge in [0.15, 0.2) is 5.82 Å². The van der Waals surface area contributed by atoms with Crippen LogP contribution in [0.2, 0.25) is 0 Å². The molecule has 1 aromatic heterocycles. The molecule has 1 heterocycles. The highest BCUT2D eigenvalue weighted by atomic mass is 32.1. The van der Waals surface area contributed by atoms with Gasteiger partial charge in [-0.25, -0.2) is 9.67 Å². The molecule has 15 heavy (non-hydrogen) atoms. The van der Waals surface area contributed by atoms with E-state index in [-0.39, 0.29) is 0 Å². The van der Waals surface area contributed by atoms with Crippen LogP contribution in [0.15, 0.2) is 0 Å². The van der Waals surface area contributed by atoms with Crippen molar-refractivity contribution < 1.29 is 0 Å². The summed E-state index contributed by atoms with van der Waals surface area (Å²) in [4.78, 5) is 4.52. The molecule has 0 unspecified atom stereocenters. The predicted octanol–water partition coefficient (Wildman–Crippen LogP) is 2.11. The zero-order valence-corrected chi connectivity index (χ0v) is 10.4. The van der Waals surface area contributed by atoms with Gasteiger partial charge < -0.3 is 0 Å². The van der Waals surface area contributed by atoms with Crippen molar-refractivity contribution in [3.63, 3.8) is 0 Å². The maximum atomic E-state index is 4.54. The highest BCUT2D eigenvalue weighted by Gasteiger charge is 2.42. The molecule has 0 saturated heterocycles. The van der Waals surface area contributed by atoms with Crippen molar-refractivity contribution in [1.29, 1.82) is 0 Å². The molecule has 1 aliphatic carbocycles. The Hall–Kier alpha value is -0.510. The number of hydrogen-bond acceptors (Lipinski definition) is 3. The fraction of sp³-hybridized carbons (Fsp3) is 0.818. The fourth-order valence-electron chi connectivity index (χ4n) is 1.82. The molecule has 1 saturated carbocycles. The second kappa shape index (κ2) is 4.16. The van der Waals surface area contributed by atoms with Gasteiger partial charge >= 0.3 is 0 Å². The smallest absolute Gasteiger partial charge is 0.150 e. The summed E-state index contributed by atoms with van der Waals surface area (Å²) in [6.45, 7) is 5.25. The largest absolute Gasteiger partial charge is 0.249 e. The van der Waals surface area contributed by atoms with Gasteiger partial charge in [0.25, 0.3) is 0 Å². The minimum atomic E-state index is 0.422. The van der Waals surface area contributed by atoms with Crippen molar-refractivity contribution >= 4 is 12.6 Å². The van der Waals surface area contributed by atoms with Gasteiger partial charge in [-0.1, -0.05) is 13.8 Å². The van der Waals surface area contributed by atoms with Crippen LogP contribution < -0.4 is 0 Å². The molecule has 0 N–H and O–H groups in total. The molecule has 1 aromatic rings. The molecule has 0 amide bonds. The number of thiol groups is 1. The predicted molar refractivity (Wildman–Crippen MR) is 64.3 cm³/mol. The lowest BCUT2D eigenvalue weighted by atomic mass is 10.1. The SMILES string of the molecule is CCc1nc(CC)n(CC2(CS)CC2)n1. The first-order chi connectivity index (χ1) is 7.23. The number of aryl methyl sites for hydroxylation is 2. The molecule has 4 heteroatoms. The standard InChI is InChI=1S/C11H19N3S/c1-3-9-12-10(4-2)14(13-9)7-11(8-15)5-6-11/h15H,3-8H2,1-2H3. The van der Waals surface area contributed by atoms with Crippen molar-refractivity contribution in [2.45, 2.75) is 46.1 Å². The quantitative estimate of drug-likeness (QED) is 0.778. The Labute approximate surface area is 96.7 Å². The minimum Gasteiger partial charge on any atom is -0.249 e. The molecule has 2 rings (SSSR count). The highest BCUT2D eigenvalue weighted by molar-refractivity contribution is 7.80. The lowest BCUT2D eigenvalue weighted by molar-refractivity contribution is 0.426. The van der Waals surface area contributed by atoms with Gasteiger partial charge in [0, 0.05) is 19.4 Å². The van der Waals surface area contributed by atoms with Crippen molar-refractivity contribution in [1.82, 2.24) is 14.8 Å². The minimum absolute atomic E-state index is 0.422. The van der Waals surface area contributed by atoms with Crippen LogP contribution in [0.3, 0.4) is 0 Å². The number of nitrogens with zero attached hydrogens (tertiary/aromatic N) is 3. The lowest BCUT2D eigenvalue weighted by Crippen LogP contribution is -2.16. The van der Waals surface area contributed by atoms with Gasteiger partial charge in [-0.15, -0.1) is 0 Å². The molecule has 1 aliphatic rings. The number of rotatable bonds is 5. The maximum absolute atomic E-state index is 4.54. The molecule has 0 aliphatic heterocycles. The third kappa shape index (κ3) is 2.19. The molecule has 0 bridgehead atoms. The Morgan fingerprint density at radius 2 is 2.07 bits per heavy atom.